The smallest absolute Gasteiger partial charge is 0.305 e. The predicted molar refractivity (Wildman–Crippen MR) is 156 cm³/mol. The molecule has 10 heteroatoms. The molecule has 4 rings (SSSR count). The van der Waals surface area contributed by atoms with E-state index in [4.69, 9.17) is 11.6 Å². The molecule has 39 heavy (non-hydrogen) atoms. The van der Waals surface area contributed by atoms with E-state index in [9.17, 15) is 19.1 Å². The van der Waals surface area contributed by atoms with Crippen LogP contribution in [0.2, 0.25) is 5.02 Å². The lowest BCUT2D eigenvalue weighted by Gasteiger charge is -2.32. The molecule has 1 amide bonds. The van der Waals surface area contributed by atoms with Gasteiger partial charge >= 0.3 is 4.87 Å². The van der Waals surface area contributed by atoms with Crippen LogP contribution in [-0.4, -0.2) is 59.7 Å². The number of H-pyrrole nitrogens is 1. The van der Waals surface area contributed by atoms with Gasteiger partial charge in [-0.2, -0.15) is 0 Å². The van der Waals surface area contributed by atoms with E-state index in [0.29, 0.717) is 56.1 Å². The molecule has 0 bridgehead atoms. The molecule has 0 aliphatic heterocycles. The Balaban J connectivity index is 1.24. The Morgan fingerprint density at radius 1 is 1.03 bits per heavy atom. The molecule has 212 valence electrons. The van der Waals surface area contributed by atoms with Crippen molar-refractivity contribution in [2.24, 2.45) is 0 Å². The summed E-state index contributed by atoms with van der Waals surface area (Å²) in [5.74, 6) is -0.0771. The Hall–Kier alpha value is -2.46. The number of phenols is 1. The van der Waals surface area contributed by atoms with Crippen LogP contribution < -0.4 is 15.5 Å². The van der Waals surface area contributed by atoms with Crippen LogP contribution in [0.3, 0.4) is 0 Å². The van der Waals surface area contributed by atoms with E-state index in [-0.39, 0.29) is 28.4 Å². The van der Waals surface area contributed by atoms with Crippen LogP contribution >= 0.6 is 22.9 Å². The van der Waals surface area contributed by atoms with Crippen molar-refractivity contribution in [3.05, 3.63) is 62.0 Å². The monoisotopic (exact) mass is 576 g/mol. The summed E-state index contributed by atoms with van der Waals surface area (Å²) in [5, 5.41) is 17.2. The SMILES string of the molecule is O=C(CCNCCc1ccc(F)cc1Cl)N(CCNCCc1ccc(O)c2[nH]c(=O)sc12)C1CCCCCC1. The lowest BCUT2D eigenvalue weighted by Crippen LogP contribution is -2.45. The maximum Gasteiger partial charge on any atom is 0.305 e. The number of carbonyl (C=O) groups is 1. The number of benzene rings is 2. The second-order valence-electron chi connectivity index (χ2n) is 10.2. The number of carbonyl (C=O) groups excluding carboxylic acids is 1. The summed E-state index contributed by atoms with van der Waals surface area (Å²) < 4.78 is 14.0. The van der Waals surface area contributed by atoms with Gasteiger partial charge in [-0.15, -0.1) is 0 Å². The van der Waals surface area contributed by atoms with Gasteiger partial charge in [-0.1, -0.05) is 60.8 Å². The van der Waals surface area contributed by atoms with Crippen molar-refractivity contribution in [2.75, 3.05) is 32.7 Å². The lowest BCUT2D eigenvalue weighted by molar-refractivity contribution is -0.133. The van der Waals surface area contributed by atoms with Gasteiger partial charge < -0.3 is 25.6 Å². The van der Waals surface area contributed by atoms with Crippen molar-refractivity contribution in [3.8, 4) is 5.75 Å². The number of thiazole rings is 1. The fraction of sp³-hybridized carbons (Fsp3) is 0.517. The van der Waals surface area contributed by atoms with Crippen molar-refractivity contribution >= 4 is 39.1 Å². The predicted octanol–water partition coefficient (Wildman–Crippen LogP) is 4.99. The molecule has 0 radical (unpaired) electrons. The Labute approximate surface area is 237 Å². The number of amides is 1. The van der Waals surface area contributed by atoms with Gasteiger partial charge in [0.05, 0.1) is 4.70 Å². The zero-order valence-electron chi connectivity index (χ0n) is 22.2. The number of halogens is 2. The third-order valence-electron chi connectivity index (χ3n) is 7.43. The van der Waals surface area contributed by atoms with Crippen LogP contribution in [0.15, 0.2) is 35.1 Å². The molecule has 0 atom stereocenters. The van der Waals surface area contributed by atoms with E-state index in [0.717, 1.165) is 59.3 Å². The maximum atomic E-state index is 13.3. The number of aromatic hydroxyl groups is 1. The fourth-order valence-corrected chi connectivity index (χ4v) is 6.47. The molecule has 1 aliphatic carbocycles. The minimum absolute atomic E-state index is 0.0892. The standard InChI is InChI=1S/C29H38ClFN4O3S/c30-24-19-22(31)9-7-20(24)11-14-32-16-13-26(37)35(23-5-3-1-2-4-6-23)18-17-33-15-12-21-8-10-25(36)27-28(21)39-29(38)34-27/h7-10,19,23,32-33,36H,1-6,11-18H2,(H,34,38). The van der Waals surface area contributed by atoms with Gasteiger partial charge in [0, 0.05) is 37.1 Å². The molecule has 0 spiro atoms. The summed E-state index contributed by atoms with van der Waals surface area (Å²) >= 11 is 7.23. The number of phenolic OH excluding ortho intramolecular Hbond substituents is 1. The summed E-state index contributed by atoms with van der Waals surface area (Å²) in [6, 6.07) is 8.21. The van der Waals surface area contributed by atoms with Gasteiger partial charge in [0.25, 0.3) is 0 Å². The van der Waals surface area contributed by atoms with Gasteiger partial charge in [-0.25, -0.2) is 4.39 Å². The number of hydrogen-bond donors (Lipinski definition) is 4. The highest BCUT2D eigenvalue weighted by Gasteiger charge is 2.24. The van der Waals surface area contributed by atoms with Gasteiger partial charge in [0.15, 0.2) is 0 Å². The molecule has 1 heterocycles. The molecule has 2 aromatic carbocycles. The molecule has 1 fully saturated rings. The first kappa shape index (κ1) is 29.5. The quantitative estimate of drug-likeness (QED) is 0.170. The number of aromatic nitrogens is 1. The van der Waals surface area contributed by atoms with Crippen molar-refractivity contribution in [1.29, 1.82) is 0 Å². The number of rotatable bonds is 13. The first-order chi connectivity index (χ1) is 18.9. The molecular weight excluding hydrogens is 539 g/mol. The summed E-state index contributed by atoms with van der Waals surface area (Å²) in [4.78, 5) is 29.6. The second-order valence-corrected chi connectivity index (χ2v) is 11.6. The third kappa shape index (κ3) is 8.51. The first-order valence-corrected chi connectivity index (χ1v) is 15.1. The highest BCUT2D eigenvalue weighted by molar-refractivity contribution is 7.16. The Morgan fingerprint density at radius 3 is 2.46 bits per heavy atom. The number of nitrogens with one attached hydrogen (secondary N) is 3. The van der Waals surface area contributed by atoms with Crippen LogP contribution in [0.1, 0.15) is 56.1 Å². The molecule has 7 nitrogen and oxygen atoms in total. The number of hydrogen-bond acceptors (Lipinski definition) is 6. The third-order valence-corrected chi connectivity index (χ3v) is 8.74. The normalized spacial score (nSPS) is 14.5. The molecule has 4 N–H and O–H groups in total. The van der Waals surface area contributed by atoms with Crippen molar-refractivity contribution in [3.63, 3.8) is 0 Å². The minimum Gasteiger partial charge on any atom is -0.506 e. The van der Waals surface area contributed by atoms with E-state index < -0.39 is 0 Å². The van der Waals surface area contributed by atoms with Gasteiger partial charge in [0.2, 0.25) is 5.91 Å². The van der Waals surface area contributed by atoms with E-state index in [1.807, 2.05) is 6.07 Å². The Morgan fingerprint density at radius 2 is 1.72 bits per heavy atom. The van der Waals surface area contributed by atoms with Crippen molar-refractivity contribution in [1.82, 2.24) is 20.5 Å². The number of nitrogens with zero attached hydrogens (tertiary/aromatic N) is 1. The second kappa shape index (κ2) is 14.8. The Kier molecular flexibility index (Phi) is 11.2. The largest absolute Gasteiger partial charge is 0.506 e. The minimum atomic E-state index is -0.341. The summed E-state index contributed by atoms with van der Waals surface area (Å²) in [6.45, 7) is 3.33. The molecule has 1 aliphatic rings. The van der Waals surface area contributed by atoms with E-state index >= 15 is 0 Å². The lowest BCUT2D eigenvalue weighted by atomic mass is 10.1. The first-order valence-electron chi connectivity index (χ1n) is 13.9. The highest BCUT2D eigenvalue weighted by Crippen LogP contribution is 2.28. The van der Waals surface area contributed by atoms with Crippen LogP contribution in [0.5, 0.6) is 5.75 Å². The van der Waals surface area contributed by atoms with E-state index in [2.05, 4.69) is 20.5 Å². The van der Waals surface area contributed by atoms with E-state index in [1.165, 1.54) is 25.0 Å². The average molecular weight is 577 g/mol. The maximum absolute atomic E-state index is 13.3. The van der Waals surface area contributed by atoms with Gasteiger partial charge in [-0.05, 0) is 68.1 Å². The zero-order valence-corrected chi connectivity index (χ0v) is 23.8. The average Bonchev–Trinajstić information content (AvgIpc) is 3.12. The topological polar surface area (TPSA) is 97.5 Å². The highest BCUT2D eigenvalue weighted by atomic mass is 35.5. The molecule has 1 aromatic heterocycles. The van der Waals surface area contributed by atoms with Crippen LogP contribution in [-0.2, 0) is 17.6 Å². The molecule has 0 saturated heterocycles. The summed E-state index contributed by atoms with van der Waals surface area (Å²) in [5.41, 5.74) is 2.41. The fourth-order valence-electron chi connectivity index (χ4n) is 5.31. The van der Waals surface area contributed by atoms with Crippen molar-refractivity contribution < 1.29 is 14.3 Å². The van der Waals surface area contributed by atoms with Crippen LogP contribution in [0, 0.1) is 5.82 Å². The number of fused-ring (bicyclic) bond motifs is 1. The molecule has 3 aromatic rings. The summed E-state index contributed by atoms with van der Waals surface area (Å²) in [6.07, 6.45) is 8.74. The van der Waals surface area contributed by atoms with Crippen LogP contribution in [0.25, 0.3) is 10.2 Å². The Bertz CT molecular complexity index is 1290. The van der Waals surface area contributed by atoms with Crippen molar-refractivity contribution in [2.45, 2.75) is 63.8 Å². The van der Waals surface area contributed by atoms with Gasteiger partial charge in [-0.3, -0.25) is 9.59 Å². The van der Waals surface area contributed by atoms with Crippen LogP contribution in [0.4, 0.5) is 4.39 Å². The van der Waals surface area contributed by atoms with Gasteiger partial charge in [0.1, 0.15) is 17.1 Å². The summed E-state index contributed by atoms with van der Waals surface area (Å²) in [7, 11) is 0. The molecule has 0 unspecified atom stereocenters. The number of aromatic amines is 1. The zero-order chi connectivity index (χ0) is 27.6. The van der Waals surface area contributed by atoms with E-state index in [1.54, 1.807) is 12.1 Å². The molecule has 1 saturated carbocycles. The molecular formula is C29H38ClFN4O3S.